The van der Waals surface area contributed by atoms with Crippen molar-refractivity contribution in [3.05, 3.63) is 71.4 Å². The van der Waals surface area contributed by atoms with Gasteiger partial charge in [-0.1, -0.05) is 48.0 Å². The van der Waals surface area contributed by atoms with E-state index in [0.717, 1.165) is 27.7 Å². The van der Waals surface area contributed by atoms with Crippen LogP contribution in [0.5, 0.6) is 0 Å². The fourth-order valence-corrected chi connectivity index (χ4v) is 2.50. The number of carbonyl (C=O) groups excluding carboxylic acids is 1. The van der Waals surface area contributed by atoms with Gasteiger partial charge in [-0.25, -0.2) is 5.43 Å². The number of hydrogen-bond acceptors (Lipinski definition) is 2. The highest BCUT2D eigenvalue weighted by molar-refractivity contribution is 5.99. The van der Waals surface area contributed by atoms with E-state index in [1.165, 1.54) is 5.56 Å². The second-order valence-electron chi connectivity index (χ2n) is 5.63. The SMILES string of the molecule is C/C(=N\NC(=O)Cc1c[nH]c2ccccc12)c1ccc(C)cc1. The number of para-hydroxylation sites is 1. The first kappa shape index (κ1) is 15.0. The number of benzene rings is 2. The van der Waals surface area contributed by atoms with Crippen molar-refractivity contribution in [2.75, 3.05) is 0 Å². The van der Waals surface area contributed by atoms with Gasteiger partial charge in [0.05, 0.1) is 12.1 Å². The number of nitrogens with zero attached hydrogens (tertiary/aromatic N) is 1. The van der Waals surface area contributed by atoms with Crippen molar-refractivity contribution < 1.29 is 4.79 Å². The van der Waals surface area contributed by atoms with Gasteiger partial charge in [0.15, 0.2) is 0 Å². The van der Waals surface area contributed by atoms with E-state index in [-0.39, 0.29) is 5.91 Å². The number of aryl methyl sites for hydroxylation is 1. The van der Waals surface area contributed by atoms with E-state index in [4.69, 9.17) is 0 Å². The van der Waals surface area contributed by atoms with Gasteiger partial charge in [0.2, 0.25) is 5.91 Å². The lowest BCUT2D eigenvalue weighted by atomic mass is 10.1. The predicted octanol–water partition coefficient (Wildman–Crippen LogP) is 3.56. The first-order valence-electron chi connectivity index (χ1n) is 7.58. The Bertz CT molecular complexity index is 860. The summed E-state index contributed by atoms with van der Waals surface area (Å²) in [6.45, 7) is 3.93. The maximum absolute atomic E-state index is 12.1. The average molecular weight is 305 g/mol. The smallest absolute Gasteiger partial charge is 0.244 e. The number of carbonyl (C=O) groups is 1. The standard InChI is InChI=1S/C19H19N3O/c1-13-7-9-15(10-8-13)14(2)21-22-19(23)11-16-12-20-18-6-4-3-5-17(16)18/h3-10,12,20H,11H2,1-2H3,(H,22,23)/b21-14+. The van der Waals surface area contributed by atoms with Gasteiger partial charge in [-0.05, 0) is 31.0 Å². The molecule has 1 amide bonds. The number of rotatable bonds is 4. The molecular weight excluding hydrogens is 286 g/mol. The van der Waals surface area contributed by atoms with Gasteiger partial charge in [0, 0.05) is 17.1 Å². The van der Waals surface area contributed by atoms with Crippen LogP contribution in [0.2, 0.25) is 0 Å². The van der Waals surface area contributed by atoms with Crippen molar-refractivity contribution in [2.45, 2.75) is 20.3 Å². The summed E-state index contributed by atoms with van der Waals surface area (Å²) in [4.78, 5) is 15.3. The lowest BCUT2D eigenvalue weighted by Gasteiger charge is -2.03. The Kier molecular flexibility index (Phi) is 4.24. The Morgan fingerprint density at radius 1 is 1.13 bits per heavy atom. The highest BCUT2D eigenvalue weighted by Gasteiger charge is 2.08. The molecule has 0 unspecified atom stereocenters. The highest BCUT2D eigenvalue weighted by atomic mass is 16.2. The molecule has 0 fully saturated rings. The van der Waals surface area contributed by atoms with Crippen LogP contribution in [-0.2, 0) is 11.2 Å². The number of amides is 1. The van der Waals surface area contributed by atoms with Crippen LogP contribution >= 0.6 is 0 Å². The van der Waals surface area contributed by atoms with Crippen LogP contribution in [0.3, 0.4) is 0 Å². The summed E-state index contributed by atoms with van der Waals surface area (Å²) in [7, 11) is 0. The minimum atomic E-state index is -0.124. The van der Waals surface area contributed by atoms with E-state index >= 15 is 0 Å². The molecule has 0 saturated carbocycles. The van der Waals surface area contributed by atoms with Gasteiger partial charge in [-0.2, -0.15) is 5.10 Å². The molecule has 1 heterocycles. The monoisotopic (exact) mass is 305 g/mol. The Hall–Kier alpha value is -2.88. The minimum Gasteiger partial charge on any atom is -0.361 e. The van der Waals surface area contributed by atoms with Crippen molar-refractivity contribution in [1.82, 2.24) is 10.4 Å². The van der Waals surface area contributed by atoms with Gasteiger partial charge >= 0.3 is 0 Å². The molecule has 0 radical (unpaired) electrons. The highest BCUT2D eigenvalue weighted by Crippen LogP contribution is 2.17. The summed E-state index contributed by atoms with van der Waals surface area (Å²) in [5, 5.41) is 5.26. The topological polar surface area (TPSA) is 57.2 Å². The van der Waals surface area contributed by atoms with Crippen molar-refractivity contribution in [2.24, 2.45) is 5.10 Å². The van der Waals surface area contributed by atoms with E-state index in [2.05, 4.69) is 15.5 Å². The number of hydrogen-bond donors (Lipinski definition) is 2. The van der Waals surface area contributed by atoms with Crippen molar-refractivity contribution in [3.63, 3.8) is 0 Å². The molecule has 2 N–H and O–H groups in total. The van der Waals surface area contributed by atoms with E-state index in [9.17, 15) is 4.79 Å². The number of hydrazone groups is 1. The zero-order valence-corrected chi connectivity index (χ0v) is 13.3. The molecule has 0 bridgehead atoms. The molecule has 1 aromatic heterocycles. The number of fused-ring (bicyclic) bond motifs is 1. The molecule has 4 heteroatoms. The zero-order chi connectivity index (χ0) is 16.2. The van der Waals surface area contributed by atoms with Crippen LogP contribution in [0.15, 0.2) is 59.8 Å². The van der Waals surface area contributed by atoms with E-state index < -0.39 is 0 Å². The number of nitrogens with one attached hydrogen (secondary N) is 2. The fraction of sp³-hybridized carbons (Fsp3) is 0.158. The van der Waals surface area contributed by atoms with Crippen LogP contribution in [0.25, 0.3) is 10.9 Å². The first-order valence-corrected chi connectivity index (χ1v) is 7.58. The van der Waals surface area contributed by atoms with Gasteiger partial charge in [-0.15, -0.1) is 0 Å². The maximum atomic E-state index is 12.1. The maximum Gasteiger partial charge on any atom is 0.244 e. The second-order valence-corrected chi connectivity index (χ2v) is 5.63. The average Bonchev–Trinajstić information content (AvgIpc) is 2.96. The predicted molar refractivity (Wildman–Crippen MR) is 93.5 cm³/mol. The molecule has 3 rings (SSSR count). The second kappa shape index (κ2) is 6.48. The summed E-state index contributed by atoms with van der Waals surface area (Å²) in [6, 6.07) is 16.0. The first-order chi connectivity index (χ1) is 11.1. The largest absolute Gasteiger partial charge is 0.361 e. The third-order valence-electron chi connectivity index (χ3n) is 3.84. The summed E-state index contributed by atoms with van der Waals surface area (Å²) in [5.41, 5.74) is 7.63. The Morgan fingerprint density at radius 3 is 2.65 bits per heavy atom. The van der Waals surface area contributed by atoms with E-state index in [0.29, 0.717) is 6.42 Å². The zero-order valence-electron chi connectivity index (χ0n) is 13.3. The summed E-state index contributed by atoms with van der Waals surface area (Å²) < 4.78 is 0. The molecule has 0 aliphatic rings. The normalized spacial score (nSPS) is 11.7. The van der Waals surface area contributed by atoms with Gasteiger partial charge < -0.3 is 4.98 Å². The van der Waals surface area contributed by atoms with Crippen LogP contribution in [0.4, 0.5) is 0 Å². The lowest BCUT2D eigenvalue weighted by Crippen LogP contribution is -2.21. The molecule has 2 aromatic carbocycles. The quantitative estimate of drug-likeness (QED) is 0.562. The van der Waals surface area contributed by atoms with Crippen molar-refractivity contribution in [3.8, 4) is 0 Å². The van der Waals surface area contributed by atoms with Crippen LogP contribution in [-0.4, -0.2) is 16.6 Å². The summed E-state index contributed by atoms with van der Waals surface area (Å²) in [5.74, 6) is -0.124. The molecule has 4 nitrogen and oxygen atoms in total. The van der Waals surface area contributed by atoms with Crippen LogP contribution in [0.1, 0.15) is 23.6 Å². The molecule has 23 heavy (non-hydrogen) atoms. The van der Waals surface area contributed by atoms with E-state index in [1.54, 1.807) is 0 Å². The van der Waals surface area contributed by atoms with Crippen LogP contribution < -0.4 is 5.43 Å². The van der Waals surface area contributed by atoms with Gasteiger partial charge in [0.25, 0.3) is 0 Å². The molecule has 0 saturated heterocycles. The molecule has 116 valence electrons. The lowest BCUT2D eigenvalue weighted by molar-refractivity contribution is -0.120. The Morgan fingerprint density at radius 2 is 1.87 bits per heavy atom. The molecule has 0 spiro atoms. The Balaban J connectivity index is 1.67. The third kappa shape index (κ3) is 3.48. The third-order valence-corrected chi connectivity index (χ3v) is 3.84. The van der Waals surface area contributed by atoms with Gasteiger partial charge in [-0.3, -0.25) is 4.79 Å². The molecule has 0 aliphatic heterocycles. The van der Waals surface area contributed by atoms with Gasteiger partial charge in [0.1, 0.15) is 0 Å². The number of aromatic amines is 1. The van der Waals surface area contributed by atoms with Crippen molar-refractivity contribution >= 4 is 22.5 Å². The number of H-pyrrole nitrogens is 1. The Labute approximate surface area is 135 Å². The number of aromatic nitrogens is 1. The fourth-order valence-electron chi connectivity index (χ4n) is 2.50. The molecular formula is C19H19N3O. The van der Waals surface area contributed by atoms with E-state index in [1.807, 2.05) is 68.6 Å². The van der Waals surface area contributed by atoms with Crippen LogP contribution in [0, 0.1) is 6.92 Å². The molecule has 0 atom stereocenters. The van der Waals surface area contributed by atoms with Crippen molar-refractivity contribution in [1.29, 1.82) is 0 Å². The minimum absolute atomic E-state index is 0.124. The molecule has 3 aromatic rings. The summed E-state index contributed by atoms with van der Waals surface area (Å²) >= 11 is 0. The summed E-state index contributed by atoms with van der Waals surface area (Å²) in [6.07, 6.45) is 2.18. The molecule has 0 aliphatic carbocycles.